The molecule has 0 unspecified atom stereocenters. The predicted molar refractivity (Wildman–Crippen MR) is 292 cm³/mol. The number of aliphatic carboxylic acids is 1. The van der Waals surface area contributed by atoms with Crippen molar-refractivity contribution >= 4 is 89.6 Å². The molecular formula is C46H85N19O12S. The first kappa shape index (κ1) is 68.8. The smallest absolute Gasteiger partial charge is 0.326 e. The van der Waals surface area contributed by atoms with Crippen molar-refractivity contribution in [2.45, 2.75) is 160 Å². The van der Waals surface area contributed by atoms with Gasteiger partial charge in [-0.3, -0.25) is 58.1 Å². The summed E-state index contributed by atoms with van der Waals surface area (Å²) in [5.41, 5.74) is 38.5. The molecule has 442 valence electrons. The molecule has 1 aliphatic heterocycles. The Morgan fingerprint density at radius 3 is 1.40 bits per heavy atom. The first-order chi connectivity index (χ1) is 36.5. The lowest BCUT2D eigenvalue weighted by atomic mass is 10.0. The van der Waals surface area contributed by atoms with Gasteiger partial charge in [-0.25, -0.2) is 4.79 Å². The molecule has 0 saturated carbocycles. The number of rotatable bonds is 35. The Kier molecular flexibility index (Phi) is 31.1. The molecule has 1 fully saturated rings. The van der Waals surface area contributed by atoms with Gasteiger partial charge in [0.05, 0.1) is 12.6 Å². The minimum atomic E-state index is -1.63. The molecule has 0 aromatic carbocycles. The number of amides is 9. The van der Waals surface area contributed by atoms with Crippen LogP contribution in [0.4, 0.5) is 0 Å². The summed E-state index contributed by atoms with van der Waals surface area (Å²) in [6.45, 7) is 8.92. The molecular weight excluding hydrogens is 1040 g/mol. The zero-order chi connectivity index (χ0) is 59.4. The third kappa shape index (κ3) is 25.3. The maximum atomic E-state index is 13.9. The number of carboxylic acid groups (broad SMARTS) is 1. The van der Waals surface area contributed by atoms with Crippen molar-refractivity contribution in [3.8, 4) is 0 Å². The van der Waals surface area contributed by atoms with Gasteiger partial charge < -0.3 is 97.8 Å². The molecule has 31 nitrogen and oxygen atoms in total. The monoisotopic (exact) mass is 1130 g/mol. The molecule has 78 heavy (non-hydrogen) atoms. The molecule has 10 atom stereocenters. The lowest BCUT2D eigenvalue weighted by Gasteiger charge is -2.29. The second-order valence-corrected chi connectivity index (χ2v) is 19.9. The maximum Gasteiger partial charge on any atom is 0.326 e. The first-order valence-electron chi connectivity index (χ1n) is 25.6. The molecule has 1 saturated heterocycles. The van der Waals surface area contributed by atoms with Gasteiger partial charge in [-0.2, -0.15) is 12.6 Å². The van der Waals surface area contributed by atoms with E-state index in [0.29, 0.717) is 12.8 Å². The number of aliphatic hydroxyl groups excluding tert-OH is 1. The molecule has 1 rings (SSSR count). The van der Waals surface area contributed by atoms with Gasteiger partial charge in [0.1, 0.15) is 54.4 Å². The van der Waals surface area contributed by atoms with Crippen LogP contribution in [0.2, 0.25) is 0 Å². The summed E-state index contributed by atoms with van der Waals surface area (Å²) in [4.78, 5) is 147. The van der Waals surface area contributed by atoms with Crippen LogP contribution in [0.15, 0.2) is 15.0 Å². The van der Waals surface area contributed by atoms with E-state index in [1.165, 1.54) is 18.7 Å². The van der Waals surface area contributed by atoms with Crippen LogP contribution in [0, 0.1) is 11.8 Å². The third-order valence-electron chi connectivity index (χ3n) is 11.9. The van der Waals surface area contributed by atoms with Crippen LogP contribution in [-0.2, 0) is 47.9 Å². The highest BCUT2D eigenvalue weighted by Crippen LogP contribution is 2.19. The van der Waals surface area contributed by atoms with Crippen molar-refractivity contribution in [1.29, 1.82) is 0 Å². The van der Waals surface area contributed by atoms with Gasteiger partial charge in [0.2, 0.25) is 53.2 Å². The normalized spacial score (nSPS) is 16.4. The minimum absolute atomic E-state index is 0.00324. The molecule has 0 aromatic rings. The maximum absolute atomic E-state index is 13.9. The Bertz CT molecular complexity index is 2140. The van der Waals surface area contributed by atoms with Crippen molar-refractivity contribution in [3.05, 3.63) is 0 Å². The number of carbonyl (C=O) groups is 10. The summed E-state index contributed by atoms with van der Waals surface area (Å²) >= 11 is 4.27. The van der Waals surface area contributed by atoms with Gasteiger partial charge in [0.25, 0.3) is 0 Å². The minimum Gasteiger partial charge on any atom is -0.480 e. The summed E-state index contributed by atoms with van der Waals surface area (Å²) in [7, 11) is 0. The number of thiol groups is 1. The molecule has 0 aliphatic carbocycles. The Morgan fingerprint density at radius 2 is 0.974 bits per heavy atom. The van der Waals surface area contributed by atoms with E-state index in [1.807, 2.05) is 0 Å². The van der Waals surface area contributed by atoms with Gasteiger partial charge in [0, 0.05) is 31.9 Å². The largest absolute Gasteiger partial charge is 0.480 e. The van der Waals surface area contributed by atoms with E-state index in [-0.39, 0.29) is 101 Å². The van der Waals surface area contributed by atoms with Gasteiger partial charge >= 0.3 is 5.97 Å². The Labute approximate surface area is 459 Å². The first-order valence-corrected chi connectivity index (χ1v) is 26.3. The lowest BCUT2D eigenvalue weighted by Crippen LogP contribution is -2.61. The number of carboxylic acids is 1. The number of nitrogens with zero attached hydrogens (tertiary/aromatic N) is 4. The van der Waals surface area contributed by atoms with Crippen LogP contribution in [0.25, 0.3) is 0 Å². The van der Waals surface area contributed by atoms with Crippen LogP contribution >= 0.6 is 12.6 Å². The SMILES string of the molecule is CC(C)C[C@H](NC(=O)[C@H](CO)NC(=O)[C@H](CCCN=C(N)N)NC(=O)[C@@H](NC(=O)[C@H](C)NC(=O)[C@H](CCCN=C(N)N)NC(=O)[C@H](CS)NC(=O)[C@H](CCCN=C(N)N)NC(=O)[C@@H]1CCCN1C(=O)[C@H](C)N)C(C)C)C(=O)O. The van der Waals surface area contributed by atoms with Gasteiger partial charge in [-0.1, -0.05) is 27.7 Å². The molecule has 0 spiro atoms. The number of aliphatic imine (C=N–C) groups is 3. The Balaban J connectivity index is 3.35. The van der Waals surface area contributed by atoms with Crippen LogP contribution < -0.4 is 82.7 Å². The summed E-state index contributed by atoms with van der Waals surface area (Å²) in [6.07, 6.45) is 1.12. The number of hydrogen-bond acceptors (Lipinski definition) is 16. The third-order valence-corrected chi connectivity index (χ3v) is 12.3. The number of aliphatic hydroxyl groups is 1. The molecule has 1 heterocycles. The summed E-state index contributed by atoms with van der Waals surface area (Å²) in [5, 5.41) is 39.7. The summed E-state index contributed by atoms with van der Waals surface area (Å²) in [5.74, 6) is -10.4. The second kappa shape index (κ2) is 35.2. The zero-order valence-electron chi connectivity index (χ0n) is 45.3. The fraction of sp³-hybridized carbons (Fsp3) is 0.717. The Hall–Kier alpha value is -7.22. The molecule has 1 aliphatic rings. The number of likely N-dealkylation sites (tertiary alicyclic amines) is 1. The van der Waals surface area contributed by atoms with E-state index < -0.39 is 132 Å². The van der Waals surface area contributed by atoms with E-state index in [4.69, 9.17) is 40.1 Å². The number of carbonyl (C=O) groups excluding carboxylic acids is 9. The van der Waals surface area contributed by atoms with E-state index in [0.717, 1.165) is 0 Å². The fourth-order valence-corrected chi connectivity index (χ4v) is 8.03. The van der Waals surface area contributed by atoms with Crippen molar-refractivity contribution in [2.75, 3.05) is 38.5 Å². The highest BCUT2D eigenvalue weighted by Gasteiger charge is 2.38. The molecule has 32 heteroatoms. The Morgan fingerprint density at radius 1 is 0.564 bits per heavy atom. The van der Waals surface area contributed by atoms with Crippen molar-refractivity contribution in [2.24, 2.45) is 66.9 Å². The fourth-order valence-electron chi connectivity index (χ4n) is 7.77. The van der Waals surface area contributed by atoms with Gasteiger partial charge in [-0.05, 0) is 83.5 Å². The van der Waals surface area contributed by atoms with E-state index in [9.17, 15) is 58.2 Å². The summed E-state index contributed by atoms with van der Waals surface area (Å²) in [6, 6.07) is -12.9. The predicted octanol–water partition coefficient (Wildman–Crippen LogP) is -6.91. The number of guanidine groups is 3. The number of hydrogen-bond donors (Lipinski definition) is 18. The zero-order valence-corrected chi connectivity index (χ0v) is 46.2. The second-order valence-electron chi connectivity index (χ2n) is 19.5. The topological polar surface area (TPSA) is 530 Å². The number of nitrogens with one attached hydrogen (secondary N) is 8. The van der Waals surface area contributed by atoms with Crippen LogP contribution in [0.3, 0.4) is 0 Å². The van der Waals surface area contributed by atoms with Crippen LogP contribution in [0.5, 0.6) is 0 Å². The molecule has 0 bridgehead atoms. The molecule has 9 amide bonds. The standard InChI is InChI=1S/C46H85N19O12S/c1-22(2)19-29(43(76)77)61-38(71)30(20-66)62-36(69)28(13-9-17-56-46(52)53)60-41(74)33(23(3)4)64-34(67)25(6)57-35(68)26(11-7-15-54-44(48)49)58-39(72)31(21-78)63-37(70)27(12-8-16-55-45(50)51)59-40(73)32-14-10-18-65(32)42(75)24(5)47/h22-33,66,78H,7-21,47H2,1-6H3,(H,57,68)(H,58,72)(H,59,73)(H,60,74)(H,61,71)(H,62,69)(H,63,70)(H,64,67)(H,76,77)(H4,48,49,54)(H4,50,51,55)(H4,52,53,56)/t24-,25-,26-,27-,28-,29-,30-,31-,32-,33-/m0/s1. The van der Waals surface area contributed by atoms with Gasteiger partial charge in [-0.15, -0.1) is 0 Å². The van der Waals surface area contributed by atoms with Crippen LogP contribution in [-0.4, -0.2) is 191 Å². The van der Waals surface area contributed by atoms with Crippen molar-refractivity contribution < 1.29 is 58.2 Å². The van der Waals surface area contributed by atoms with Crippen molar-refractivity contribution in [1.82, 2.24) is 47.4 Å². The lowest BCUT2D eigenvalue weighted by molar-refractivity contribution is -0.143. The molecule has 0 radical (unpaired) electrons. The highest BCUT2D eigenvalue weighted by atomic mass is 32.1. The average Bonchev–Trinajstić information content (AvgIpc) is 3.85. The molecule has 0 aromatic heterocycles. The quantitative estimate of drug-likeness (QED) is 0.0121. The summed E-state index contributed by atoms with van der Waals surface area (Å²) < 4.78 is 0. The van der Waals surface area contributed by atoms with E-state index >= 15 is 0 Å². The average molecular weight is 1130 g/mol. The van der Waals surface area contributed by atoms with E-state index in [2.05, 4.69) is 70.1 Å². The number of nitrogens with two attached hydrogens (primary N) is 7. The highest BCUT2D eigenvalue weighted by molar-refractivity contribution is 7.80. The van der Waals surface area contributed by atoms with E-state index in [1.54, 1.807) is 27.7 Å². The van der Waals surface area contributed by atoms with Crippen molar-refractivity contribution in [3.63, 3.8) is 0 Å². The molecule has 24 N–H and O–H groups in total. The van der Waals surface area contributed by atoms with Crippen LogP contribution in [0.1, 0.15) is 99.3 Å². The van der Waals surface area contributed by atoms with Gasteiger partial charge in [0.15, 0.2) is 17.9 Å².